The van der Waals surface area contributed by atoms with Crippen LogP contribution in [0.5, 0.6) is 11.5 Å². The van der Waals surface area contributed by atoms with Gasteiger partial charge in [0.1, 0.15) is 11.6 Å². The number of ether oxygens (including phenoxy) is 2. The number of nitrogens with zero attached hydrogens (tertiary/aromatic N) is 2. The number of aromatic nitrogens is 1. The summed E-state index contributed by atoms with van der Waals surface area (Å²) in [6.45, 7) is 2.22. The number of pyridine rings is 1. The fourth-order valence-corrected chi connectivity index (χ4v) is 7.57. The van der Waals surface area contributed by atoms with Crippen LogP contribution in [0.4, 0.5) is 4.39 Å². The number of carbonyl (C=O) groups excluding carboxylic acids is 1. The van der Waals surface area contributed by atoms with E-state index in [0.717, 1.165) is 72.7 Å². The molecule has 0 saturated heterocycles. The molecule has 0 N–H and O–H groups in total. The van der Waals surface area contributed by atoms with Gasteiger partial charge in [-0.15, -0.1) is 0 Å². The molecule has 5 rings (SSSR count). The minimum absolute atomic E-state index is 0.208. The van der Waals surface area contributed by atoms with Crippen molar-refractivity contribution in [1.29, 1.82) is 0 Å². The van der Waals surface area contributed by atoms with Crippen molar-refractivity contribution in [2.45, 2.75) is 82.6 Å². The predicted molar refractivity (Wildman–Crippen MR) is 206 cm³/mol. The molecule has 268 valence electrons. The number of halogens is 1. The number of fused-ring (bicyclic) bond motifs is 1. The topological polar surface area (TPSA) is 51.7 Å². The van der Waals surface area contributed by atoms with Gasteiger partial charge in [-0.1, -0.05) is 86.1 Å². The van der Waals surface area contributed by atoms with Gasteiger partial charge in [-0.3, -0.25) is 9.78 Å². The highest BCUT2D eigenvalue weighted by atomic mass is 19.1. The van der Waals surface area contributed by atoms with E-state index in [1.54, 1.807) is 26.4 Å². The second kappa shape index (κ2) is 18.1. The van der Waals surface area contributed by atoms with Gasteiger partial charge in [0.15, 0.2) is 11.5 Å². The summed E-state index contributed by atoms with van der Waals surface area (Å²) in [5, 5.41) is 2.19. The van der Waals surface area contributed by atoms with Crippen molar-refractivity contribution in [1.82, 2.24) is 9.88 Å². The third kappa shape index (κ3) is 9.42. The lowest BCUT2D eigenvalue weighted by Gasteiger charge is -2.36. The lowest BCUT2D eigenvalue weighted by atomic mass is 9.68. The molecule has 6 heteroatoms. The summed E-state index contributed by atoms with van der Waals surface area (Å²) in [6.07, 6.45) is 7.92. The highest BCUT2D eigenvalue weighted by Crippen LogP contribution is 2.42. The van der Waals surface area contributed by atoms with Gasteiger partial charge in [-0.05, 0) is 111 Å². The molecule has 0 bridgehead atoms. The van der Waals surface area contributed by atoms with E-state index in [2.05, 4.69) is 105 Å². The average molecular weight is 689 g/mol. The Bertz CT molecular complexity index is 1800. The maximum atomic E-state index is 13.4. The second-order valence-corrected chi connectivity index (χ2v) is 13.9. The highest BCUT2D eigenvalue weighted by molar-refractivity contribution is 5.88. The van der Waals surface area contributed by atoms with Crippen LogP contribution >= 0.6 is 0 Å². The van der Waals surface area contributed by atoms with Gasteiger partial charge < -0.3 is 14.4 Å². The van der Waals surface area contributed by atoms with Crippen LogP contribution in [0.2, 0.25) is 0 Å². The fraction of sp³-hybridized carbons (Fsp3) is 0.378. The number of hydrogen-bond acceptors (Lipinski definition) is 5. The zero-order chi connectivity index (χ0) is 36.2. The molecule has 0 amide bonds. The van der Waals surface area contributed by atoms with E-state index in [1.165, 1.54) is 23.3 Å². The van der Waals surface area contributed by atoms with Crippen LogP contribution in [0.25, 0.3) is 10.8 Å². The summed E-state index contributed by atoms with van der Waals surface area (Å²) in [6, 6.07) is 34.6. The fourth-order valence-electron chi connectivity index (χ4n) is 7.57. The Labute approximate surface area is 303 Å². The van der Waals surface area contributed by atoms with Crippen molar-refractivity contribution < 1.29 is 18.7 Å². The monoisotopic (exact) mass is 688 g/mol. The number of hydrogen-bond donors (Lipinski definition) is 0. The smallest absolute Gasteiger partial charge is 0.161 e. The Hall–Kier alpha value is -4.55. The number of aryl methyl sites for hydroxylation is 2. The second-order valence-electron chi connectivity index (χ2n) is 13.9. The standard InChI is InChI=1S/C45H53FN2O3/c1-6-15-42(48(2)3)41-30-34-31-43(50-4)44(51-5)32-39(34)40(47-41)21-14-29-45(35-16-9-7-10-17-35,36-18-11-8-12-19-36)28-13-20-38(49)27-24-33-22-25-37(46)26-23-33/h7-12,16-19,22-23,25-26,30-32,42H,6,13-15,20-21,24,27-29H2,1-5H3. The molecule has 0 fully saturated rings. The minimum atomic E-state index is -0.275. The molecule has 51 heavy (non-hydrogen) atoms. The lowest BCUT2D eigenvalue weighted by Crippen LogP contribution is -2.28. The van der Waals surface area contributed by atoms with E-state index >= 15 is 0 Å². The van der Waals surface area contributed by atoms with Gasteiger partial charge in [0, 0.05) is 29.3 Å². The van der Waals surface area contributed by atoms with E-state index in [1.807, 2.05) is 0 Å². The number of ketones is 1. The van der Waals surface area contributed by atoms with Crippen LogP contribution < -0.4 is 9.47 Å². The molecular weight excluding hydrogens is 636 g/mol. The molecule has 1 unspecified atom stereocenters. The van der Waals surface area contributed by atoms with Crippen LogP contribution in [-0.2, 0) is 23.1 Å². The van der Waals surface area contributed by atoms with Crippen LogP contribution in [0, 0.1) is 5.82 Å². The highest BCUT2D eigenvalue weighted by Gasteiger charge is 2.33. The molecule has 0 radical (unpaired) electrons. The molecule has 1 aromatic heterocycles. The van der Waals surface area contributed by atoms with E-state index in [-0.39, 0.29) is 23.1 Å². The van der Waals surface area contributed by atoms with Gasteiger partial charge >= 0.3 is 0 Å². The molecule has 1 heterocycles. The van der Waals surface area contributed by atoms with Gasteiger partial charge in [0.05, 0.1) is 26.0 Å². The Morgan fingerprint density at radius 3 is 1.98 bits per heavy atom. The number of Topliss-reactive ketones (excluding diaryl/α,β-unsaturated/α-hetero) is 1. The van der Waals surface area contributed by atoms with E-state index < -0.39 is 0 Å². The predicted octanol–water partition coefficient (Wildman–Crippen LogP) is 10.5. The molecule has 5 nitrogen and oxygen atoms in total. The number of rotatable bonds is 19. The zero-order valence-corrected chi connectivity index (χ0v) is 31.0. The Morgan fingerprint density at radius 2 is 1.39 bits per heavy atom. The first-order valence-electron chi connectivity index (χ1n) is 18.4. The van der Waals surface area contributed by atoms with Gasteiger partial charge in [-0.2, -0.15) is 0 Å². The van der Waals surface area contributed by atoms with Gasteiger partial charge in [0.2, 0.25) is 0 Å². The average Bonchev–Trinajstić information content (AvgIpc) is 3.16. The first kappa shape index (κ1) is 37.7. The molecule has 0 aliphatic carbocycles. The van der Waals surface area contributed by atoms with Crippen molar-refractivity contribution in [3.8, 4) is 11.5 Å². The zero-order valence-electron chi connectivity index (χ0n) is 31.0. The van der Waals surface area contributed by atoms with Crippen LogP contribution in [0.1, 0.15) is 92.4 Å². The van der Waals surface area contributed by atoms with Gasteiger partial charge in [0.25, 0.3) is 0 Å². The molecule has 0 aliphatic heterocycles. The summed E-state index contributed by atoms with van der Waals surface area (Å²) in [5.74, 6) is 1.40. The summed E-state index contributed by atoms with van der Waals surface area (Å²) in [4.78, 5) is 20.8. The minimum Gasteiger partial charge on any atom is -0.493 e. The Kier molecular flexibility index (Phi) is 13.4. The van der Waals surface area contributed by atoms with Crippen molar-refractivity contribution in [2.24, 2.45) is 0 Å². The van der Waals surface area contributed by atoms with E-state index in [4.69, 9.17) is 14.5 Å². The number of methoxy groups -OCH3 is 2. The number of benzene rings is 4. The van der Waals surface area contributed by atoms with E-state index in [0.29, 0.717) is 30.8 Å². The summed E-state index contributed by atoms with van der Waals surface area (Å²) < 4.78 is 24.8. The molecular formula is C45H53FN2O3. The lowest BCUT2D eigenvalue weighted by molar-refractivity contribution is -0.119. The maximum absolute atomic E-state index is 13.4. The molecule has 0 aliphatic rings. The quantitative estimate of drug-likeness (QED) is 0.0864. The normalized spacial score (nSPS) is 12.3. The Morgan fingerprint density at radius 1 is 0.784 bits per heavy atom. The summed E-state index contributed by atoms with van der Waals surface area (Å²) in [7, 11) is 7.61. The van der Waals surface area contributed by atoms with Crippen molar-refractivity contribution in [2.75, 3.05) is 28.3 Å². The molecule has 4 aromatic carbocycles. The van der Waals surface area contributed by atoms with Crippen LogP contribution in [0.15, 0.2) is 103 Å². The maximum Gasteiger partial charge on any atom is 0.161 e. The largest absolute Gasteiger partial charge is 0.493 e. The first-order chi connectivity index (χ1) is 24.8. The molecule has 0 spiro atoms. The summed E-state index contributed by atoms with van der Waals surface area (Å²) >= 11 is 0. The number of carbonyl (C=O) groups is 1. The Balaban J connectivity index is 1.44. The van der Waals surface area contributed by atoms with Gasteiger partial charge in [-0.25, -0.2) is 4.39 Å². The molecule has 5 aromatic rings. The van der Waals surface area contributed by atoms with Crippen LogP contribution in [-0.4, -0.2) is 44.0 Å². The summed E-state index contributed by atoms with van der Waals surface area (Å²) in [5.41, 5.74) is 5.39. The third-order valence-electron chi connectivity index (χ3n) is 10.3. The third-order valence-corrected chi connectivity index (χ3v) is 10.3. The van der Waals surface area contributed by atoms with Crippen molar-refractivity contribution >= 4 is 16.6 Å². The molecule has 0 saturated carbocycles. The SMILES string of the molecule is CCCC(c1cc2cc(OC)c(OC)cc2c(CCCC(CCCC(=O)CCc2ccc(F)cc2)(c2ccccc2)c2ccccc2)n1)N(C)C. The molecule has 1 atom stereocenters. The van der Waals surface area contributed by atoms with Crippen LogP contribution in [0.3, 0.4) is 0 Å². The first-order valence-corrected chi connectivity index (χ1v) is 18.4. The van der Waals surface area contributed by atoms with E-state index in [9.17, 15) is 9.18 Å². The van der Waals surface area contributed by atoms with Crippen molar-refractivity contribution in [3.63, 3.8) is 0 Å². The van der Waals surface area contributed by atoms with Crippen molar-refractivity contribution in [3.05, 3.63) is 137 Å².